The van der Waals surface area contributed by atoms with Crippen LogP contribution in [0.4, 0.5) is 15.5 Å². The molecule has 1 aromatic carbocycles. The first-order chi connectivity index (χ1) is 14.5. The number of urea groups is 1. The Kier molecular flexibility index (Phi) is 6.58. The van der Waals surface area contributed by atoms with Crippen LogP contribution in [0.15, 0.2) is 24.3 Å². The van der Waals surface area contributed by atoms with Crippen LogP contribution < -0.4 is 10.6 Å². The van der Waals surface area contributed by atoms with Crippen LogP contribution in [0.25, 0.3) is 0 Å². The van der Waals surface area contributed by atoms with Gasteiger partial charge in [0, 0.05) is 41.8 Å². The number of thiophene rings is 1. The van der Waals surface area contributed by atoms with Gasteiger partial charge in [-0.05, 0) is 42.8 Å². The van der Waals surface area contributed by atoms with Gasteiger partial charge in [-0.3, -0.25) is 15.0 Å². The number of amides is 3. The molecule has 1 fully saturated rings. The minimum atomic E-state index is -0.376. The molecule has 2 N–H and O–H groups in total. The molecule has 2 aromatic rings. The molecule has 2 aliphatic rings. The van der Waals surface area contributed by atoms with E-state index in [9.17, 15) is 9.59 Å². The van der Waals surface area contributed by atoms with Crippen LogP contribution in [0.3, 0.4) is 0 Å². The summed E-state index contributed by atoms with van der Waals surface area (Å²) in [5.41, 5.74) is 2.35. The first-order valence-corrected chi connectivity index (χ1v) is 11.3. The summed E-state index contributed by atoms with van der Waals surface area (Å²) in [5.74, 6) is -0.0254. The Morgan fingerprint density at radius 2 is 1.87 bits per heavy atom. The number of ether oxygens (including phenoxy) is 1. The van der Waals surface area contributed by atoms with E-state index in [1.807, 2.05) is 4.90 Å². The number of likely N-dealkylation sites (N-methyl/N-ethyl adjacent to an activating group) is 1. The van der Waals surface area contributed by atoms with Crippen molar-refractivity contribution in [3.05, 3.63) is 45.3 Å². The summed E-state index contributed by atoms with van der Waals surface area (Å²) in [7, 11) is 0. The number of carbonyl (C=O) groups excluding carboxylic acids is 2. The zero-order valence-corrected chi connectivity index (χ0v) is 18.4. The fourth-order valence-corrected chi connectivity index (χ4v) is 5.17. The van der Waals surface area contributed by atoms with Crippen LogP contribution in [0, 0.1) is 0 Å². The van der Waals surface area contributed by atoms with Gasteiger partial charge < -0.3 is 15.0 Å². The van der Waals surface area contributed by atoms with Gasteiger partial charge in [-0.2, -0.15) is 0 Å². The van der Waals surface area contributed by atoms with Crippen molar-refractivity contribution < 1.29 is 14.3 Å². The molecular formula is C21H25ClN4O3S. The molecule has 0 spiro atoms. The van der Waals surface area contributed by atoms with Crippen molar-refractivity contribution >= 4 is 45.6 Å². The summed E-state index contributed by atoms with van der Waals surface area (Å²) < 4.78 is 5.39. The predicted octanol–water partition coefficient (Wildman–Crippen LogP) is 3.90. The molecule has 3 heterocycles. The van der Waals surface area contributed by atoms with Gasteiger partial charge in [-0.1, -0.05) is 18.5 Å². The van der Waals surface area contributed by atoms with E-state index < -0.39 is 0 Å². The summed E-state index contributed by atoms with van der Waals surface area (Å²) >= 11 is 7.41. The lowest BCUT2D eigenvalue weighted by atomic mass is 10.0. The van der Waals surface area contributed by atoms with Crippen molar-refractivity contribution in [3.63, 3.8) is 0 Å². The molecule has 0 bridgehead atoms. The highest BCUT2D eigenvalue weighted by Crippen LogP contribution is 2.38. The maximum Gasteiger partial charge on any atom is 0.324 e. The summed E-state index contributed by atoms with van der Waals surface area (Å²) in [6.45, 7) is 7.05. The van der Waals surface area contributed by atoms with Crippen LogP contribution in [0.1, 0.15) is 27.7 Å². The van der Waals surface area contributed by atoms with E-state index >= 15 is 0 Å². The second kappa shape index (κ2) is 9.34. The molecule has 30 heavy (non-hydrogen) atoms. The van der Waals surface area contributed by atoms with Crippen molar-refractivity contribution in [3.8, 4) is 0 Å². The lowest BCUT2D eigenvalue weighted by Gasteiger charge is -2.29. The van der Waals surface area contributed by atoms with Gasteiger partial charge >= 0.3 is 6.03 Å². The summed E-state index contributed by atoms with van der Waals surface area (Å²) in [5, 5.41) is 6.94. The maximum absolute atomic E-state index is 13.4. The second-order valence-electron chi connectivity index (χ2n) is 7.32. The van der Waals surface area contributed by atoms with E-state index in [1.54, 1.807) is 24.3 Å². The normalized spacial score (nSPS) is 16.8. The first-order valence-electron chi connectivity index (χ1n) is 10.1. The molecule has 0 aliphatic carbocycles. The van der Waals surface area contributed by atoms with Crippen molar-refractivity contribution in [2.24, 2.45) is 0 Å². The molecule has 0 atom stereocenters. The molecule has 0 saturated carbocycles. The fraction of sp³-hybridized carbons (Fsp3) is 0.429. The second-order valence-corrected chi connectivity index (χ2v) is 8.86. The van der Waals surface area contributed by atoms with E-state index in [0.29, 0.717) is 47.6 Å². The number of hydrogen-bond acceptors (Lipinski definition) is 5. The van der Waals surface area contributed by atoms with Crippen LogP contribution in [0.2, 0.25) is 5.02 Å². The molecule has 160 valence electrons. The maximum atomic E-state index is 13.4. The molecule has 1 aromatic heterocycles. The minimum Gasteiger partial charge on any atom is -0.378 e. The van der Waals surface area contributed by atoms with Gasteiger partial charge in [0.1, 0.15) is 5.00 Å². The van der Waals surface area contributed by atoms with E-state index in [-0.39, 0.29) is 11.9 Å². The number of carbonyl (C=O) groups is 2. The summed E-state index contributed by atoms with van der Waals surface area (Å²) in [6.07, 6.45) is 0.811. The number of fused-ring (bicyclic) bond motifs is 1. The molecular weight excluding hydrogens is 424 g/mol. The molecule has 7 nitrogen and oxygen atoms in total. The third-order valence-electron chi connectivity index (χ3n) is 5.42. The van der Waals surface area contributed by atoms with Crippen LogP contribution in [-0.2, 0) is 17.7 Å². The molecule has 3 amide bonds. The molecule has 0 radical (unpaired) electrons. The average molecular weight is 449 g/mol. The lowest BCUT2D eigenvalue weighted by molar-refractivity contribution is 0.0303. The highest BCUT2D eigenvalue weighted by molar-refractivity contribution is 7.17. The van der Waals surface area contributed by atoms with Gasteiger partial charge in [0.2, 0.25) is 0 Å². The van der Waals surface area contributed by atoms with E-state index in [4.69, 9.17) is 16.3 Å². The smallest absolute Gasteiger partial charge is 0.324 e. The molecule has 1 saturated heterocycles. The third kappa shape index (κ3) is 4.62. The largest absolute Gasteiger partial charge is 0.378 e. The van der Waals surface area contributed by atoms with E-state index in [2.05, 4.69) is 22.5 Å². The minimum absolute atomic E-state index is 0.0254. The van der Waals surface area contributed by atoms with Crippen LogP contribution in [-0.4, -0.2) is 61.1 Å². The van der Waals surface area contributed by atoms with E-state index in [1.165, 1.54) is 11.3 Å². The van der Waals surface area contributed by atoms with Gasteiger partial charge in [0.15, 0.2) is 0 Å². The predicted molar refractivity (Wildman–Crippen MR) is 120 cm³/mol. The Balaban J connectivity index is 1.59. The fourth-order valence-electron chi connectivity index (χ4n) is 3.76. The van der Waals surface area contributed by atoms with Crippen molar-refractivity contribution in [1.82, 2.24) is 9.80 Å². The molecule has 9 heteroatoms. The van der Waals surface area contributed by atoms with Gasteiger partial charge in [-0.15, -0.1) is 11.3 Å². The number of benzene rings is 1. The molecule has 2 aliphatic heterocycles. The Morgan fingerprint density at radius 3 is 2.57 bits per heavy atom. The standard InChI is InChI=1S/C21H25ClN4O3S/c1-2-25-8-7-16-17(13-25)30-19(18(16)20(27)26-9-11-29-12-10-26)24-21(28)23-15-5-3-14(22)4-6-15/h3-6H,2,7-13H2,1H3,(H2,23,24,28). The number of rotatable bonds is 4. The number of halogens is 1. The number of anilines is 2. The lowest BCUT2D eigenvalue weighted by Crippen LogP contribution is -2.41. The summed E-state index contributed by atoms with van der Waals surface area (Å²) in [6, 6.07) is 6.53. The highest BCUT2D eigenvalue weighted by atomic mass is 35.5. The number of morpholine rings is 1. The van der Waals surface area contributed by atoms with Crippen LogP contribution >= 0.6 is 22.9 Å². The molecule has 4 rings (SSSR count). The Hall–Kier alpha value is -2.13. The van der Waals surface area contributed by atoms with Gasteiger partial charge in [-0.25, -0.2) is 4.79 Å². The first kappa shape index (κ1) is 21.1. The number of nitrogens with zero attached hydrogens (tertiary/aromatic N) is 2. The topological polar surface area (TPSA) is 73.9 Å². The van der Waals surface area contributed by atoms with Gasteiger partial charge in [0.25, 0.3) is 5.91 Å². The summed E-state index contributed by atoms with van der Waals surface area (Å²) in [4.78, 5) is 31.3. The zero-order valence-electron chi connectivity index (χ0n) is 16.9. The Labute approximate surface area is 184 Å². The van der Waals surface area contributed by atoms with E-state index in [0.717, 1.165) is 36.5 Å². The number of hydrogen-bond donors (Lipinski definition) is 2. The van der Waals surface area contributed by atoms with Crippen LogP contribution in [0.5, 0.6) is 0 Å². The quantitative estimate of drug-likeness (QED) is 0.744. The third-order valence-corrected chi connectivity index (χ3v) is 6.81. The highest BCUT2D eigenvalue weighted by Gasteiger charge is 2.31. The van der Waals surface area contributed by atoms with Gasteiger partial charge in [0.05, 0.1) is 18.8 Å². The monoisotopic (exact) mass is 448 g/mol. The zero-order chi connectivity index (χ0) is 21.1. The molecule has 0 unspecified atom stereocenters. The Bertz CT molecular complexity index is 925. The van der Waals surface area contributed by atoms with Crippen molar-refractivity contribution in [2.75, 3.05) is 50.0 Å². The van der Waals surface area contributed by atoms with Crippen molar-refractivity contribution in [2.45, 2.75) is 19.9 Å². The SMILES string of the molecule is CCN1CCc2c(sc(NC(=O)Nc3ccc(Cl)cc3)c2C(=O)N2CCOCC2)C1. The average Bonchev–Trinajstić information content (AvgIpc) is 3.12. The number of nitrogens with one attached hydrogen (secondary N) is 2. The van der Waals surface area contributed by atoms with Crippen molar-refractivity contribution in [1.29, 1.82) is 0 Å². The Morgan fingerprint density at radius 1 is 1.13 bits per heavy atom.